The molecule has 0 fully saturated rings. The molecule has 0 atom stereocenters. The average molecular weight is 216 g/mol. The van der Waals surface area contributed by atoms with Crippen LogP contribution >= 0.6 is 0 Å². The molecule has 0 spiro atoms. The largest absolute Gasteiger partial charge is 0.548 e. The van der Waals surface area contributed by atoms with Crippen molar-refractivity contribution in [3.8, 4) is 0 Å². The van der Waals surface area contributed by atoms with Crippen molar-refractivity contribution in [3.05, 3.63) is 11.8 Å². The van der Waals surface area contributed by atoms with Gasteiger partial charge >= 0.3 is 5.97 Å². The number of carbonyl (C=O) groups is 1. The molecule has 0 unspecified atom stereocenters. The van der Waals surface area contributed by atoms with E-state index in [0.29, 0.717) is 0 Å². The van der Waals surface area contributed by atoms with Gasteiger partial charge in [0.15, 0.2) is 0 Å². The maximum atomic E-state index is 10.5. The molecule has 1 N–H and O–H groups in total. The fourth-order valence-corrected chi connectivity index (χ4v) is 3.69. The van der Waals surface area contributed by atoms with Gasteiger partial charge in [-0.15, -0.1) is 0 Å². The minimum Gasteiger partial charge on any atom is -0.548 e. The van der Waals surface area contributed by atoms with Crippen LogP contribution in [-0.4, -0.2) is 19.4 Å². The van der Waals surface area contributed by atoms with E-state index >= 15 is 0 Å². The molecule has 0 amide bonds. The maximum absolute atomic E-state index is 10.5. The summed E-state index contributed by atoms with van der Waals surface area (Å²) in [6.45, 7) is 7.90. The second kappa shape index (κ2) is 5.85. The third kappa shape index (κ3) is 3.53. The minimum absolute atomic E-state index is 0.275. The van der Waals surface area contributed by atoms with Gasteiger partial charge < -0.3 is 9.53 Å². The van der Waals surface area contributed by atoms with Gasteiger partial charge in [0.05, 0.1) is 11.8 Å². The van der Waals surface area contributed by atoms with Crippen LogP contribution < -0.4 is 0 Å². The lowest BCUT2D eigenvalue weighted by molar-refractivity contribution is -0.132. The van der Waals surface area contributed by atoms with E-state index in [4.69, 9.17) is 9.53 Å². The van der Waals surface area contributed by atoms with Crippen molar-refractivity contribution < 1.29 is 14.3 Å². The monoisotopic (exact) mass is 216 g/mol. The zero-order valence-corrected chi connectivity index (χ0v) is 10.5. The van der Waals surface area contributed by atoms with Crippen molar-refractivity contribution in [2.75, 3.05) is 0 Å². The highest BCUT2D eigenvalue weighted by Crippen LogP contribution is 2.22. The van der Waals surface area contributed by atoms with Crippen molar-refractivity contribution in [2.24, 2.45) is 0 Å². The average Bonchev–Trinajstić information content (AvgIpc) is 2.20. The Morgan fingerprint density at radius 3 is 2.00 bits per heavy atom. The smallest absolute Gasteiger partial charge is 0.334 e. The summed E-state index contributed by atoms with van der Waals surface area (Å²) < 4.78 is 5.70. The predicted octanol–water partition coefficient (Wildman–Crippen LogP) is 3.00. The van der Waals surface area contributed by atoms with Crippen LogP contribution in [0.4, 0.5) is 0 Å². The minimum atomic E-state index is -1.67. The van der Waals surface area contributed by atoms with Gasteiger partial charge in [0.25, 0.3) is 0 Å². The molecule has 0 heterocycles. The van der Waals surface area contributed by atoms with Crippen molar-refractivity contribution in [1.82, 2.24) is 0 Å². The fourth-order valence-electron chi connectivity index (χ4n) is 1.26. The third-order valence-corrected chi connectivity index (χ3v) is 7.24. The molecule has 0 rings (SSSR count). The van der Waals surface area contributed by atoms with Crippen LogP contribution in [0.3, 0.4) is 0 Å². The Hall–Kier alpha value is -0.773. The lowest BCUT2D eigenvalue weighted by Gasteiger charge is -2.26. The zero-order valence-electron chi connectivity index (χ0n) is 9.46. The van der Waals surface area contributed by atoms with Gasteiger partial charge in [-0.25, -0.2) is 4.79 Å². The molecule has 0 saturated carbocycles. The second-order valence-electron chi connectivity index (χ2n) is 3.47. The van der Waals surface area contributed by atoms with Gasteiger partial charge in [0.1, 0.15) is 0 Å². The Bertz CT molecular complexity index is 211. The number of aliphatic carboxylic acids is 1. The number of rotatable bonds is 6. The first-order valence-electron chi connectivity index (χ1n) is 5.09. The zero-order chi connectivity index (χ0) is 11.2. The second-order valence-corrected chi connectivity index (χ2v) is 8.19. The molecule has 0 radical (unpaired) electrons. The van der Waals surface area contributed by atoms with Gasteiger partial charge in [-0.05, 0) is 25.1 Å². The predicted molar refractivity (Wildman–Crippen MR) is 59.7 cm³/mol. The first-order valence-corrected chi connectivity index (χ1v) is 7.62. The van der Waals surface area contributed by atoms with Crippen LogP contribution in [0.5, 0.6) is 0 Å². The highest BCUT2D eigenvalue weighted by Gasteiger charge is 2.29. The van der Waals surface area contributed by atoms with Crippen molar-refractivity contribution in [2.45, 2.75) is 45.8 Å². The molecule has 0 aromatic carbocycles. The topological polar surface area (TPSA) is 46.5 Å². The summed E-state index contributed by atoms with van der Waals surface area (Å²) in [6, 6.07) is 3.09. The van der Waals surface area contributed by atoms with E-state index in [9.17, 15) is 4.79 Å². The number of hydrogen-bond donors (Lipinski definition) is 1. The number of carboxylic acids is 1. The summed E-state index contributed by atoms with van der Waals surface area (Å²) in [5.41, 5.74) is 0.275. The van der Waals surface area contributed by atoms with Gasteiger partial charge in [-0.3, -0.25) is 0 Å². The van der Waals surface area contributed by atoms with Gasteiger partial charge in [0.2, 0.25) is 8.32 Å². The summed E-state index contributed by atoms with van der Waals surface area (Å²) in [5.74, 6) is -0.906. The molecule has 0 bridgehead atoms. The molecule has 0 aliphatic carbocycles. The van der Waals surface area contributed by atoms with Crippen LogP contribution in [-0.2, 0) is 9.22 Å². The molecule has 0 aliphatic rings. The summed E-state index contributed by atoms with van der Waals surface area (Å²) in [6.07, 6.45) is 1.42. The number of carboxylic acid groups (broad SMARTS) is 1. The molecule has 14 heavy (non-hydrogen) atoms. The van der Waals surface area contributed by atoms with E-state index in [2.05, 4.69) is 20.8 Å². The SMILES string of the molecule is CC[Si](CC)(CC)OC=C(C)C(=O)O. The van der Waals surface area contributed by atoms with E-state index in [1.807, 2.05) is 0 Å². The molecule has 0 aromatic heterocycles. The van der Waals surface area contributed by atoms with Crippen molar-refractivity contribution in [1.29, 1.82) is 0 Å². The molecule has 0 aliphatic heterocycles. The summed E-state index contributed by atoms with van der Waals surface area (Å²) in [5, 5.41) is 8.66. The van der Waals surface area contributed by atoms with Crippen LogP contribution in [0.25, 0.3) is 0 Å². The van der Waals surface area contributed by atoms with E-state index in [1.165, 1.54) is 6.26 Å². The molecular formula is C10H20O3Si. The van der Waals surface area contributed by atoms with Gasteiger partial charge in [-0.2, -0.15) is 0 Å². The lowest BCUT2D eigenvalue weighted by Crippen LogP contribution is -2.33. The Morgan fingerprint density at radius 1 is 1.29 bits per heavy atom. The Balaban J connectivity index is 4.46. The molecule has 0 saturated heterocycles. The molecule has 3 nitrogen and oxygen atoms in total. The lowest BCUT2D eigenvalue weighted by atomic mass is 10.4. The Morgan fingerprint density at radius 2 is 1.71 bits per heavy atom. The van der Waals surface area contributed by atoms with Crippen LogP contribution in [0.1, 0.15) is 27.7 Å². The first kappa shape index (κ1) is 13.2. The fraction of sp³-hybridized carbons (Fsp3) is 0.700. The van der Waals surface area contributed by atoms with Crippen molar-refractivity contribution in [3.63, 3.8) is 0 Å². The molecule has 0 aromatic rings. The van der Waals surface area contributed by atoms with Gasteiger partial charge in [0, 0.05) is 0 Å². The van der Waals surface area contributed by atoms with Crippen LogP contribution in [0, 0.1) is 0 Å². The molecule has 4 heteroatoms. The first-order chi connectivity index (χ1) is 6.51. The maximum Gasteiger partial charge on any atom is 0.334 e. The van der Waals surface area contributed by atoms with E-state index in [0.717, 1.165) is 18.1 Å². The standard InChI is InChI=1S/C10H20O3Si/c1-5-14(6-2,7-3)13-8-9(4)10(11)12/h8H,5-7H2,1-4H3,(H,11,12). The van der Waals surface area contributed by atoms with Crippen molar-refractivity contribution >= 4 is 14.3 Å². The Labute approximate surface area is 86.9 Å². The Kier molecular flexibility index (Phi) is 5.53. The third-order valence-electron chi connectivity index (χ3n) is 2.76. The summed E-state index contributed by atoms with van der Waals surface area (Å²) in [7, 11) is -1.67. The quantitative estimate of drug-likeness (QED) is 0.422. The number of hydrogen-bond acceptors (Lipinski definition) is 2. The van der Waals surface area contributed by atoms with Crippen LogP contribution in [0.2, 0.25) is 18.1 Å². The van der Waals surface area contributed by atoms with E-state index < -0.39 is 14.3 Å². The van der Waals surface area contributed by atoms with E-state index in [1.54, 1.807) is 6.92 Å². The van der Waals surface area contributed by atoms with Crippen LogP contribution in [0.15, 0.2) is 11.8 Å². The van der Waals surface area contributed by atoms with E-state index in [-0.39, 0.29) is 5.57 Å². The summed E-state index contributed by atoms with van der Waals surface area (Å²) >= 11 is 0. The summed E-state index contributed by atoms with van der Waals surface area (Å²) in [4.78, 5) is 10.5. The van der Waals surface area contributed by atoms with Gasteiger partial charge in [-0.1, -0.05) is 20.8 Å². The molecule has 82 valence electrons. The highest BCUT2D eigenvalue weighted by atomic mass is 28.4. The molecular weight excluding hydrogens is 196 g/mol. The highest BCUT2D eigenvalue weighted by molar-refractivity contribution is 6.73. The normalized spacial score (nSPS) is 12.7.